The molecule has 2 bridgehead atoms. The molecule has 0 aromatic carbocycles. The van der Waals surface area contributed by atoms with Crippen molar-refractivity contribution in [2.45, 2.75) is 34.6 Å². The molecular weight excluding hydrogens is 348 g/mol. The lowest BCUT2D eigenvalue weighted by Gasteiger charge is -2.27. The molecule has 0 spiro atoms. The van der Waals surface area contributed by atoms with E-state index in [0.29, 0.717) is 21.9 Å². The van der Waals surface area contributed by atoms with Crippen molar-refractivity contribution in [3.63, 3.8) is 0 Å². The van der Waals surface area contributed by atoms with Crippen molar-refractivity contribution in [3.8, 4) is 0 Å². The SMILES string of the molecule is O=[N+]([O-])C1=C([N+](=O)[O-])[C@H](S[C@H]2[C@H]3CC[C@@H](C3)[C@H]2Br)C=C1. The van der Waals surface area contributed by atoms with Gasteiger partial charge >= 0.3 is 11.4 Å². The topological polar surface area (TPSA) is 86.3 Å². The summed E-state index contributed by atoms with van der Waals surface area (Å²) in [6.45, 7) is 0. The van der Waals surface area contributed by atoms with Gasteiger partial charge in [0.1, 0.15) is 5.25 Å². The normalized spacial score (nSPS) is 38.8. The molecule has 0 aromatic heterocycles. The van der Waals surface area contributed by atoms with Crippen LogP contribution in [-0.4, -0.2) is 25.2 Å². The molecule has 2 fully saturated rings. The largest absolute Gasteiger partial charge is 0.342 e. The molecule has 6 nitrogen and oxygen atoms in total. The van der Waals surface area contributed by atoms with E-state index in [0.717, 1.165) is 0 Å². The first-order valence-corrected chi connectivity index (χ1v) is 8.35. The molecule has 3 aliphatic carbocycles. The summed E-state index contributed by atoms with van der Waals surface area (Å²) in [5.41, 5.74) is -0.649. The number of thioether (sulfide) groups is 1. The Kier molecular flexibility index (Phi) is 3.62. The molecule has 108 valence electrons. The summed E-state index contributed by atoms with van der Waals surface area (Å²) in [6, 6.07) is 0. The Balaban J connectivity index is 1.80. The summed E-state index contributed by atoms with van der Waals surface area (Å²) in [7, 11) is 0. The minimum Gasteiger partial charge on any atom is -0.258 e. The van der Waals surface area contributed by atoms with E-state index in [4.69, 9.17) is 0 Å². The van der Waals surface area contributed by atoms with Crippen LogP contribution in [0.1, 0.15) is 19.3 Å². The minimum absolute atomic E-state index is 0.275. The van der Waals surface area contributed by atoms with Crippen LogP contribution in [0.25, 0.3) is 0 Å². The van der Waals surface area contributed by atoms with Gasteiger partial charge in [0, 0.05) is 16.2 Å². The molecule has 5 atom stereocenters. The summed E-state index contributed by atoms with van der Waals surface area (Å²) >= 11 is 5.21. The molecule has 3 aliphatic rings. The first kappa shape index (κ1) is 14.1. The van der Waals surface area contributed by atoms with Crippen LogP contribution in [0.4, 0.5) is 0 Å². The number of nitrogens with zero attached hydrogens (tertiary/aromatic N) is 2. The molecule has 8 heteroatoms. The van der Waals surface area contributed by atoms with Crippen molar-refractivity contribution in [1.82, 2.24) is 0 Å². The Labute approximate surface area is 128 Å². The zero-order valence-electron chi connectivity index (χ0n) is 10.5. The minimum atomic E-state index is -0.665. The first-order chi connectivity index (χ1) is 9.49. The van der Waals surface area contributed by atoms with Crippen LogP contribution in [0.5, 0.6) is 0 Å². The third-order valence-corrected chi connectivity index (χ3v) is 7.73. The number of halogens is 1. The molecule has 0 radical (unpaired) electrons. The third kappa shape index (κ3) is 2.18. The van der Waals surface area contributed by atoms with Crippen molar-refractivity contribution in [1.29, 1.82) is 0 Å². The number of fused-ring (bicyclic) bond motifs is 2. The van der Waals surface area contributed by atoms with E-state index >= 15 is 0 Å². The van der Waals surface area contributed by atoms with E-state index < -0.39 is 15.1 Å². The average molecular weight is 361 g/mol. The Morgan fingerprint density at radius 1 is 1.20 bits per heavy atom. The highest BCUT2D eigenvalue weighted by Crippen LogP contribution is 2.54. The lowest BCUT2D eigenvalue weighted by Crippen LogP contribution is -2.28. The number of hydrogen-bond donors (Lipinski definition) is 0. The van der Waals surface area contributed by atoms with Crippen molar-refractivity contribution in [3.05, 3.63) is 43.8 Å². The number of rotatable bonds is 4. The predicted molar refractivity (Wildman–Crippen MR) is 78.9 cm³/mol. The second-order valence-electron chi connectivity index (χ2n) is 5.44. The van der Waals surface area contributed by atoms with E-state index in [1.807, 2.05) is 0 Å². The maximum absolute atomic E-state index is 11.1. The standard InChI is InChI=1S/C12H13BrN2O4S/c13-10-6-1-2-7(5-6)12(10)20-9-4-3-8(14(16)17)11(9)15(18)19/h3-4,6-7,9-10,12H,1-2,5H2/t6-,7-,9+,10+,12-/m0/s1. The van der Waals surface area contributed by atoms with Crippen LogP contribution in [0.3, 0.4) is 0 Å². The van der Waals surface area contributed by atoms with E-state index in [9.17, 15) is 20.2 Å². The van der Waals surface area contributed by atoms with Gasteiger partial charge in [0.2, 0.25) is 0 Å². The van der Waals surface area contributed by atoms with Crippen molar-refractivity contribution in [2.24, 2.45) is 11.8 Å². The number of allylic oxidation sites excluding steroid dienone is 1. The molecule has 2 saturated carbocycles. The van der Waals surface area contributed by atoms with E-state index in [-0.39, 0.29) is 11.4 Å². The van der Waals surface area contributed by atoms with Crippen LogP contribution in [0.2, 0.25) is 0 Å². The third-order valence-electron chi connectivity index (χ3n) is 4.40. The zero-order valence-corrected chi connectivity index (χ0v) is 12.9. The lowest BCUT2D eigenvalue weighted by atomic mass is 10.0. The maximum Gasteiger partial charge on any atom is 0.342 e. The first-order valence-electron chi connectivity index (χ1n) is 6.49. The van der Waals surface area contributed by atoms with E-state index in [2.05, 4.69) is 15.9 Å². The van der Waals surface area contributed by atoms with Crippen molar-refractivity contribution < 1.29 is 9.85 Å². The fourth-order valence-electron chi connectivity index (χ4n) is 3.49. The van der Waals surface area contributed by atoms with Gasteiger partial charge in [-0.3, -0.25) is 20.2 Å². The number of nitro groups is 2. The van der Waals surface area contributed by atoms with Gasteiger partial charge in [-0.05, 0) is 31.1 Å². The fraction of sp³-hybridized carbons (Fsp3) is 0.667. The Morgan fingerprint density at radius 3 is 2.45 bits per heavy atom. The van der Waals surface area contributed by atoms with Gasteiger partial charge in [0.15, 0.2) is 0 Å². The summed E-state index contributed by atoms with van der Waals surface area (Å²) < 4.78 is 0. The molecule has 20 heavy (non-hydrogen) atoms. The van der Waals surface area contributed by atoms with Gasteiger partial charge < -0.3 is 0 Å². The van der Waals surface area contributed by atoms with Crippen molar-refractivity contribution >= 4 is 27.7 Å². The Morgan fingerprint density at radius 2 is 1.90 bits per heavy atom. The number of hydrogen-bond acceptors (Lipinski definition) is 5. The average Bonchev–Trinajstić information content (AvgIpc) is 3.06. The monoisotopic (exact) mass is 360 g/mol. The quantitative estimate of drug-likeness (QED) is 0.437. The van der Waals surface area contributed by atoms with Gasteiger partial charge in [-0.1, -0.05) is 22.0 Å². The second kappa shape index (κ2) is 5.14. The Bertz CT molecular complexity index is 534. The predicted octanol–water partition coefficient (Wildman–Crippen LogP) is 2.99. The summed E-state index contributed by atoms with van der Waals surface area (Å²) in [4.78, 5) is 21.1. The van der Waals surface area contributed by atoms with Gasteiger partial charge in [-0.25, -0.2) is 0 Å². The molecule has 0 saturated heterocycles. The van der Waals surface area contributed by atoms with Gasteiger partial charge in [-0.15, -0.1) is 11.8 Å². The maximum atomic E-state index is 11.1. The van der Waals surface area contributed by atoms with Crippen LogP contribution in [0.15, 0.2) is 23.5 Å². The van der Waals surface area contributed by atoms with Crippen LogP contribution in [0, 0.1) is 32.1 Å². The summed E-state index contributed by atoms with van der Waals surface area (Å²) in [5, 5.41) is 21.8. The van der Waals surface area contributed by atoms with Crippen LogP contribution in [-0.2, 0) is 0 Å². The van der Waals surface area contributed by atoms with Gasteiger partial charge in [0.25, 0.3) is 0 Å². The Hall–Kier alpha value is -0.890. The van der Waals surface area contributed by atoms with E-state index in [1.54, 1.807) is 6.08 Å². The van der Waals surface area contributed by atoms with Gasteiger partial charge in [0.05, 0.1) is 9.85 Å². The molecule has 3 rings (SSSR count). The van der Waals surface area contributed by atoms with Crippen molar-refractivity contribution in [2.75, 3.05) is 0 Å². The fourth-order valence-corrected chi connectivity index (χ4v) is 6.46. The van der Waals surface area contributed by atoms with Crippen LogP contribution < -0.4 is 0 Å². The highest BCUT2D eigenvalue weighted by molar-refractivity contribution is 9.09. The summed E-state index contributed by atoms with van der Waals surface area (Å²) in [5.74, 6) is 1.23. The molecule has 0 N–H and O–H groups in total. The lowest BCUT2D eigenvalue weighted by molar-refractivity contribution is -0.466. The number of alkyl halides is 1. The molecular formula is C12H13BrN2O4S. The molecule has 0 aromatic rings. The zero-order chi connectivity index (χ0) is 14.4. The second-order valence-corrected chi connectivity index (χ2v) is 7.82. The highest BCUT2D eigenvalue weighted by atomic mass is 79.9. The van der Waals surface area contributed by atoms with Crippen LogP contribution >= 0.6 is 27.7 Å². The molecule has 0 aliphatic heterocycles. The smallest absolute Gasteiger partial charge is 0.258 e. The highest BCUT2D eigenvalue weighted by Gasteiger charge is 2.49. The molecule has 0 amide bonds. The van der Waals surface area contributed by atoms with Gasteiger partial charge in [-0.2, -0.15) is 0 Å². The molecule has 0 heterocycles. The molecule has 0 unspecified atom stereocenters. The van der Waals surface area contributed by atoms with E-state index in [1.165, 1.54) is 37.1 Å². The summed E-state index contributed by atoms with van der Waals surface area (Å²) in [6.07, 6.45) is 6.42.